The Morgan fingerprint density at radius 3 is 1.85 bits per heavy atom. The lowest BCUT2D eigenvalue weighted by molar-refractivity contribution is -0.0542. The number of allylic oxidation sites excluding steroid dienone is 6. The van der Waals surface area contributed by atoms with E-state index in [9.17, 15) is 21.6 Å². The lowest BCUT2D eigenvalue weighted by Gasteiger charge is -2.07. The Bertz CT molecular complexity index is 521. The van der Waals surface area contributed by atoms with Crippen LogP contribution in [0.25, 0.3) is 0 Å². The van der Waals surface area contributed by atoms with Crippen LogP contribution in [0.2, 0.25) is 0 Å². The van der Waals surface area contributed by atoms with E-state index in [4.69, 9.17) is 0 Å². The molecule has 0 N–H and O–H groups in total. The lowest BCUT2D eigenvalue weighted by atomic mass is 10.1. The molecule has 0 saturated heterocycles. The van der Waals surface area contributed by atoms with Crippen molar-refractivity contribution in [1.29, 1.82) is 0 Å². The molecule has 0 spiro atoms. The molecule has 0 amide bonds. The topological polar surface area (TPSA) is 43.4 Å². The van der Waals surface area contributed by atoms with Crippen LogP contribution in [-0.2, 0) is 14.3 Å². The molecule has 0 rings (SSSR count). The zero-order valence-electron chi connectivity index (χ0n) is 15.5. The van der Waals surface area contributed by atoms with Gasteiger partial charge >= 0.3 is 15.6 Å². The molecule has 0 fully saturated rings. The third kappa shape index (κ3) is 14.1. The second-order valence-electron chi connectivity index (χ2n) is 5.93. The van der Waals surface area contributed by atoms with Gasteiger partial charge in [0.25, 0.3) is 0 Å². The van der Waals surface area contributed by atoms with Gasteiger partial charge in [-0.05, 0) is 38.5 Å². The van der Waals surface area contributed by atoms with E-state index in [1.54, 1.807) is 0 Å². The second-order valence-corrected chi connectivity index (χ2v) is 7.53. The Morgan fingerprint density at radius 2 is 1.27 bits per heavy atom. The maximum atomic E-state index is 12.0. The minimum absolute atomic E-state index is 0.314. The van der Waals surface area contributed by atoms with Crippen LogP contribution in [0, 0.1) is 0 Å². The fourth-order valence-electron chi connectivity index (χ4n) is 2.13. The maximum absolute atomic E-state index is 12.0. The third-order valence-corrected chi connectivity index (χ3v) is 4.61. The highest BCUT2D eigenvalue weighted by atomic mass is 32.2. The zero-order chi connectivity index (χ0) is 19.7. The van der Waals surface area contributed by atoms with E-state index in [0.29, 0.717) is 12.8 Å². The largest absolute Gasteiger partial charge is 0.523 e. The second kappa shape index (κ2) is 15.0. The van der Waals surface area contributed by atoms with Crippen LogP contribution in [0.4, 0.5) is 13.2 Å². The molecule has 0 aromatic heterocycles. The molecular weight excluding hydrogens is 365 g/mol. The summed E-state index contributed by atoms with van der Waals surface area (Å²) in [6.45, 7) is 1.70. The highest BCUT2D eigenvalue weighted by Gasteiger charge is 2.47. The van der Waals surface area contributed by atoms with Gasteiger partial charge in [0.15, 0.2) is 0 Å². The van der Waals surface area contributed by atoms with Gasteiger partial charge in [-0.1, -0.05) is 69.1 Å². The first-order valence-electron chi connectivity index (χ1n) is 9.22. The molecule has 26 heavy (non-hydrogen) atoms. The van der Waals surface area contributed by atoms with Gasteiger partial charge in [0.1, 0.15) is 0 Å². The quantitative estimate of drug-likeness (QED) is 0.138. The number of halogens is 3. The summed E-state index contributed by atoms with van der Waals surface area (Å²) in [7, 11) is -5.43. The Hall–Kier alpha value is -1.08. The summed E-state index contributed by atoms with van der Waals surface area (Å²) in [4.78, 5) is 0. The van der Waals surface area contributed by atoms with E-state index in [-0.39, 0.29) is 0 Å². The van der Waals surface area contributed by atoms with Crippen LogP contribution >= 0.6 is 0 Å². The van der Waals surface area contributed by atoms with Gasteiger partial charge in [0, 0.05) is 0 Å². The Kier molecular flexibility index (Phi) is 14.4. The molecule has 0 saturated carbocycles. The predicted molar refractivity (Wildman–Crippen MR) is 100 cm³/mol. The molecule has 7 heteroatoms. The molecule has 0 heterocycles. The van der Waals surface area contributed by atoms with E-state index in [1.165, 1.54) is 0 Å². The first kappa shape index (κ1) is 24.9. The maximum Gasteiger partial charge on any atom is 0.523 e. The van der Waals surface area contributed by atoms with Crippen LogP contribution in [0.5, 0.6) is 0 Å². The Labute approximate surface area is 156 Å². The molecule has 0 unspecified atom stereocenters. The SMILES string of the molecule is CCC=CCC=CCC=CCCCCCCCCOS(=O)(=O)C(F)(F)F. The molecule has 0 bridgehead atoms. The van der Waals surface area contributed by atoms with Crippen molar-refractivity contribution in [1.82, 2.24) is 0 Å². The van der Waals surface area contributed by atoms with Crippen molar-refractivity contribution < 1.29 is 25.8 Å². The van der Waals surface area contributed by atoms with Crippen LogP contribution < -0.4 is 0 Å². The van der Waals surface area contributed by atoms with Gasteiger partial charge in [0.05, 0.1) is 6.61 Å². The molecule has 0 aliphatic heterocycles. The molecular formula is C19H31F3O3S. The standard InChI is InChI=1S/C19H31F3O3S/c1-2-3-4-5-6-7-8-9-10-11-12-13-14-15-16-17-18-25-26(23,24)19(20,21)22/h3-4,6-7,9-10H,2,5,8,11-18H2,1H3. The van der Waals surface area contributed by atoms with Crippen molar-refractivity contribution in [2.45, 2.75) is 76.6 Å². The molecule has 0 aliphatic carbocycles. The molecule has 0 atom stereocenters. The third-order valence-electron chi connectivity index (χ3n) is 3.57. The van der Waals surface area contributed by atoms with Crippen molar-refractivity contribution in [2.75, 3.05) is 6.61 Å². The summed E-state index contributed by atoms with van der Waals surface area (Å²) in [6.07, 6.45) is 21.9. The zero-order valence-corrected chi connectivity index (χ0v) is 16.3. The lowest BCUT2D eigenvalue weighted by Crippen LogP contribution is -2.25. The van der Waals surface area contributed by atoms with E-state index in [1.807, 2.05) is 0 Å². The summed E-state index contributed by atoms with van der Waals surface area (Å²) in [5.41, 5.74) is -5.33. The monoisotopic (exact) mass is 396 g/mol. The van der Waals surface area contributed by atoms with Crippen molar-refractivity contribution in [3.8, 4) is 0 Å². The fraction of sp³-hybridized carbons (Fsp3) is 0.684. The summed E-state index contributed by atoms with van der Waals surface area (Å²) in [6, 6.07) is 0. The highest BCUT2D eigenvalue weighted by Crippen LogP contribution is 2.24. The van der Waals surface area contributed by atoms with E-state index < -0.39 is 22.2 Å². The predicted octanol–water partition coefficient (Wildman–Crippen LogP) is 6.44. The first-order valence-corrected chi connectivity index (χ1v) is 10.6. The minimum atomic E-state index is -5.43. The van der Waals surface area contributed by atoms with Crippen LogP contribution in [0.3, 0.4) is 0 Å². The van der Waals surface area contributed by atoms with E-state index in [0.717, 1.165) is 51.4 Å². The van der Waals surface area contributed by atoms with Crippen LogP contribution in [0.15, 0.2) is 36.5 Å². The van der Waals surface area contributed by atoms with E-state index in [2.05, 4.69) is 47.6 Å². The summed E-state index contributed by atoms with van der Waals surface area (Å²) in [5, 5.41) is 0. The van der Waals surface area contributed by atoms with Crippen molar-refractivity contribution in [3.05, 3.63) is 36.5 Å². The Balaban J connectivity index is 3.44. The van der Waals surface area contributed by atoms with Gasteiger partial charge in [-0.25, -0.2) is 0 Å². The number of hydrogen-bond donors (Lipinski definition) is 0. The molecule has 0 radical (unpaired) electrons. The number of hydrogen-bond acceptors (Lipinski definition) is 3. The van der Waals surface area contributed by atoms with Gasteiger partial charge in [0.2, 0.25) is 0 Å². The van der Waals surface area contributed by atoms with Gasteiger partial charge in [-0.2, -0.15) is 21.6 Å². The first-order chi connectivity index (χ1) is 12.3. The van der Waals surface area contributed by atoms with Gasteiger partial charge in [-0.15, -0.1) is 0 Å². The number of unbranched alkanes of at least 4 members (excludes halogenated alkanes) is 6. The fourth-order valence-corrected chi connectivity index (χ4v) is 2.60. The summed E-state index contributed by atoms with van der Waals surface area (Å²) >= 11 is 0. The average Bonchev–Trinajstić information content (AvgIpc) is 2.56. The number of rotatable bonds is 15. The molecule has 0 aromatic carbocycles. The van der Waals surface area contributed by atoms with Gasteiger partial charge in [-0.3, -0.25) is 4.18 Å². The minimum Gasteiger partial charge on any atom is -0.263 e. The summed E-state index contributed by atoms with van der Waals surface area (Å²) in [5.74, 6) is 0. The highest BCUT2D eigenvalue weighted by molar-refractivity contribution is 7.87. The molecule has 3 nitrogen and oxygen atoms in total. The smallest absolute Gasteiger partial charge is 0.263 e. The molecule has 0 aliphatic rings. The van der Waals surface area contributed by atoms with E-state index >= 15 is 0 Å². The average molecular weight is 397 g/mol. The van der Waals surface area contributed by atoms with Crippen LogP contribution in [0.1, 0.15) is 71.1 Å². The Morgan fingerprint density at radius 1 is 0.769 bits per heavy atom. The van der Waals surface area contributed by atoms with Crippen molar-refractivity contribution in [3.63, 3.8) is 0 Å². The van der Waals surface area contributed by atoms with Crippen molar-refractivity contribution in [2.24, 2.45) is 0 Å². The van der Waals surface area contributed by atoms with Gasteiger partial charge < -0.3 is 0 Å². The molecule has 152 valence electrons. The normalized spacial score (nSPS) is 13.5. The summed E-state index contributed by atoms with van der Waals surface area (Å²) < 4.78 is 61.3. The van der Waals surface area contributed by atoms with Crippen molar-refractivity contribution >= 4 is 10.1 Å². The van der Waals surface area contributed by atoms with Crippen LogP contribution in [-0.4, -0.2) is 20.5 Å². The number of alkyl halides is 3. The molecule has 0 aromatic rings.